The number of amides is 1. The number of ether oxygens (including phenoxy) is 1. The molecule has 5 nitrogen and oxygen atoms in total. The highest BCUT2D eigenvalue weighted by Crippen LogP contribution is 2.08. The van der Waals surface area contributed by atoms with Crippen molar-refractivity contribution in [1.82, 2.24) is 5.32 Å². The molecule has 33 heavy (non-hydrogen) atoms. The van der Waals surface area contributed by atoms with E-state index in [1.165, 1.54) is 6.92 Å². The second-order valence-electron chi connectivity index (χ2n) is 8.35. The van der Waals surface area contributed by atoms with E-state index in [1.54, 1.807) is 6.92 Å². The molecule has 1 amide bonds. The number of rotatable bonds is 8. The number of aryl methyl sites for hydroxylation is 1. The molecule has 0 saturated carbocycles. The number of hydrogen-bond acceptors (Lipinski definition) is 4. The Balaban J connectivity index is 0.000000786. The first-order valence-electron chi connectivity index (χ1n) is 11.7. The summed E-state index contributed by atoms with van der Waals surface area (Å²) >= 11 is 0. The molecule has 2 aromatic rings. The zero-order valence-corrected chi connectivity index (χ0v) is 21.3. The van der Waals surface area contributed by atoms with Crippen LogP contribution in [-0.4, -0.2) is 29.3 Å². The fourth-order valence-electron chi connectivity index (χ4n) is 2.73. The molecule has 1 N–H and O–H groups in total. The molecule has 182 valence electrons. The summed E-state index contributed by atoms with van der Waals surface area (Å²) in [6.45, 7) is 12.9. The molecule has 0 unspecified atom stereocenters. The largest absolute Gasteiger partial charge is 0.460 e. The van der Waals surface area contributed by atoms with Crippen LogP contribution in [-0.2, 0) is 32.0 Å². The summed E-state index contributed by atoms with van der Waals surface area (Å²) in [6, 6.07) is 19.2. The molecule has 5 heteroatoms. The normalized spacial score (nSPS) is 11.0. The highest BCUT2D eigenvalue weighted by Gasteiger charge is 2.17. The highest BCUT2D eigenvalue weighted by molar-refractivity contribution is 5.87. The monoisotopic (exact) mass is 455 g/mol. The van der Waals surface area contributed by atoms with E-state index in [2.05, 4.69) is 5.32 Å². The minimum atomic E-state index is -0.453. The van der Waals surface area contributed by atoms with E-state index in [0.29, 0.717) is 25.7 Å². The molecule has 0 aliphatic carbocycles. The summed E-state index contributed by atoms with van der Waals surface area (Å²) in [7, 11) is 0. The van der Waals surface area contributed by atoms with Gasteiger partial charge in [-0.15, -0.1) is 0 Å². The molecule has 1 atom stereocenters. The predicted octanol–water partition coefficient (Wildman–Crippen LogP) is 5.70. The lowest BCUT2D eigenvalue weighted by molar-refractivity contribution is -0.154. The van der Waals surface area contributed by atoms with E-state index in [4.69, 9.17) is 4.74 Å². The van der Waals surface area contributed by atoms with Crippen LogP contribution >= 0.6 is 0 Å². The molecule has 0 saturated heterocycles. The summed E-state index contributed by atoms with van der Waals surface area (Å²) in [4.78, 5) is 34.4. The Bertz CT molecular complexity index is 811. The van der Waals surface area contributed by atoms with Crippen LogP contribution in [0.5, 0.6) is 0 Å². The summed E-state index contributed by atoms with van der Waals surface area (Å²) < 4.78 is 4.95. The van der Waals surface area contributed by atoms with Gasteiger partial charge in [-0.05, 0) is 51.7 Å². The van der Waals surface area contributed by atoms with Gasteiger partial charge in [0.25, 0.3) is 0 Å². The number of carbonyl (C=O) groups excluding carboxylic acids is 3. The predicted molar refractivity (Wildman–Crippen MR) is 135 cm³/mol. The van der Waals surface area contributed by atoms with Crippen LogP contribution in [0, 0.1) is 0 Å². The summed E-state index contributed by atoms with van der Waals surface area (Å²) in [6.07, 6.45) is 2.07. The van der Waals surface area contributed by atoms with Crippen LogP contribution in [0.2, 0.25) is 0 Å². The number of esters is 1. The van der Waals surface area contributed by atoms with Gasteiger partial charge < -0.3 is 10.1 Å². The summed E-state index contributed by atoms with van der Waals surface area (Å²) in [5, 5.41) is 2.85. The second kappa shape index (κ2) is 16.7. The minimum absolute atomic E-state index is 0.0167. The summed E-state index contributed by atoms with van der Waals surface area (Å²) in [5.74, 6) is -0.237. The smallest absolute Gasteiger partial charge is 0.306 e. The van der Waals surface area contributed by atoms with Crippen molar-refractivity contribution in [3.63, 3.8) is 0 Å². The molecule has 0 aromatic heterocycles. The molecular formula is C28H41NO4. The Morgan fingerprint density at radius 1 is 0.879 bits per heavy atom. The van der Waals surface area contributed by atoms with Crippen molar-refractivity contribution in [2.24, 2.45) is 0 Å². The van der Waals surface area contributed by atoms with Gasteiger partial charge >= 0.3 is 5.97 Å². The number of hydrogen-bond donors (Lipinski definition) is 1. The van der Waals surface area contributed by atoms with Gasteiger partial charge in [-0.3, -0.25) is 14.4 Å². The van der Waals surface area contributed by atoms with E-state index in [1.807, 2.05) is 95.3 Å². The standard InChI is InChI=1S/C19H21NO2.C7H14O2.C2H6/c1-15(21)18(14-17-10-6-3-7-11-17)20-19(22)13-12-16-8-4-2-5-9-16;1-5-6(8)9-7(2,3)4;1-2/h2-11,18H,12-14H2,1H3,(H,20,22);5H2,1-4H3;1-2H3/t18-;;/m0../s1. The van der Waals surface area contributed by atoms with E-state index in [9.17, 15) is 14.4 Å². The number of ketones is 1. The van der Waals surface area contributed by atoms with E-state index in [-0.39, 0.29) is 23.3 Å². The Morgan fingerprint density at radius 2 is 1.36 bits per heavy atom. The molecule has 0 fully saturated rings. The molecular weight excluding hydrogens is 414 g/mol. The number of Topliss-reactive ketones (excluding diaryl/α,β-unsaturated/α-hetero) is 1. The van der Waals surface area contributed by atoms with Crippen LogP contribution < -0.4 is 5.32 Å². The second-order valence-corrected chi connectivity index (χ2v) is 8.35. The van der Waals surface area contributed by atoms with Gasteiger partial charge in [0.05, 0.1) is 6.04 Å². The third-order valence-electron chi connectivity index (χ3n) is 4.30. The van der Waals surface area contributed by atoms with E-state index in [0.717, 1.165) is 11.1 Å². The SMILES string of the molecule is CC.CC(=O)[C@H](Cc1ccccc1)NC(=O)CCc1ccccc1.CCC(=O)OC(C)(C)C. The summed E-state index contributed by atoms with van der Waals surface area (Å²) in [5.41, 5.74) is 1.85. The van der Waals surface area contributed by atoms with Crippen molar-refractivity contribution in [1.29, 1.82) is 0 Å². The van der Waals surface area contributed by atoms with Crippen LogP contribution in [0.15, 0.2) is 60.7 Å². The quantitative estimate of drug-likeness (QED) is 0.518. The van der Waals surface area contributed by atoms with Gasteiger partial charge in [0.1, 0.15) is 5.60 Å². The third kappa shape index (κ3) is 15.5. The highest BCUT2D eigenvalue weighted by atomic mass is 16.6. The van der Waals surface area contributed by atoms with Crippen molar-refractivity contribution in [3.8, 4) is 0 Å². The van der Waals surface area contributed by atoms with Gasteiger partial charge in [0.15, 0.2) is 5.78 Å². The molecule has 0 aliphatic heterocycles. The topological polar surface area (TPSA) is 72.5 Å². The van der Waals surface area contributed by atoms with Gasteiger partial charge in [0, 0.05) is 12.8 Å². The third-order valence-corrected chi connectivity index (χ3v) is 4.30. The zero-order valence-electron chi connectivity index (χ0n) is 21.3. The van der Waals surface area contributed by atoms with Crippen molar-refractivity contribution in [2.75, 3.05) is 0 Å². The molecule has 2 aromatic carbocycles. The number of carbonyl (C=O) groups is 3. The van der Waals surface area contributed by atoms with Gasteiger partial charge in [0.2, 0.25) is 5.91 Å². The Hall–Kier alpha value is -2.95. The van der Waals surface area contributed by atoms with Crippen molar-refractivity contribution >= 4 is 17.7 Å². The number of nitrogens with one attached hydrogen (secondary N) is 1. The first-order valence-corrected chi connectivity index (χ1v) is 11.7. The molecule has 0 heterocycles. The molecule has 0 aliphatic rings. The van der Waals surface area contributed by atoms with E-state index >= 15 is 0 Å². The van der Waals surface area contributed by atoms with E-state index < -0.39 is 6.04 Å². The minimum Gasteiger partial charge on any atom is -0.460 e. The maximum Gasteiger partial charge on any atom is 0.306 e. The van der Waals surface area contributed by atoms with Crippen molar-refractivity contribution in [2.45, 2.75) is 85.8 Å². The average Bonchev–Trinajstić information content (AvgIpc) is 2.79. The van der Waals surface area contributed by atoms with Crippen LogP contribution in [0.25, 0.3) is 0 Å². The van der Waals surface area contributed by atoms with Crippen LogP contribution in [0.3, 0.4) is 0 Å². The first kappa shape index (κ1) is 30.0. The molecule has 0 radical (unpaired) electrons. The van der Waals surface area contributed by atoms with Crippen molar-refractivity contribution in [3.05, 3.63) is 71.8 Å². The van der Waals surface area contributed by atoms with Crippen LogP contribution in [0.4, 0.5) is 0 Å². The number of benzene rings is 2. The maximum atomic E-state index is 12.1. The molecule has 0 spiro atoms. The Labute approximate surface area is 199 Å². The fraction of sp³-hybridized carbons (Fsp3) is 0.464. The first-order chi connectivity index (χ1) is 15.6. The molecule has 0 bridgehead atoms. The van der Waals surface area contributed by atoms with Crippen molar-refractivity contribution < 1.29 is 19.1 Å². The lowest BCUT2D eigenvalue weighted by Crippen LogP contribution is -2.41. The lowest BCUT2D eigenvalue weighted by atomic mass is 10.0. The Morgan fingerprint density at radius 3 is 1.76 bits per heavy atom. The fourth-order valence-corrected chi connectivity index (χ4v) is 2.73. The maximum absolute atomic E-state index is 12.1. The van der Waals surface area contributed by atoms with Gasteiger partial charge in [-0.2, -0.15) is 0 Å². The van der Waals surface area contributed by atoms with Gasteiger partial charge in [-0.1, -0.05) is 81.4 Å². The molecule has 2 rings (SSSR count). The van der Waals surface area contributed by atoms with Crippen LogP contribution in [0.1, 0.15) is 72.4 Å². The zero-order chi connectivity index (χ0) is 25.3. The lowest BCUT2D eigenvalue weighted by Gasteiger charge is -2.18. The van der Waals surface area contributed by atoms with Gasteiger partial charge in [-0.25, -0.2) is 0 Å². The Kier molecular flexibility index (Phi) is 15.2. The average molecular weight is 456 g/mol.